The van der Waals surface area contributed by atoms with Crippen molar-refractivity contribution in [2.24, 2.45) is 11.3 Å². The summed E-state index contributed by atoms with van der Waals surface area (Å²) in [5.41, 5.74) is 1.17. The number of halogens is 6. The lowest BCUT2D eigenvalue weighted by atomic mass is 9.81. The smallest absolute Gasteiger partial charge is 0.475 e. The first-order valence-electron chi connectivity index (χ1n) is 11.5. The second kappa shape index (κ2) is 13.1. The van der Waals surface area contributed by atoms with Crippen molar-refractivity contribution in [1.29, 1.82) is 0 Å². The number of fused-ring (bicyclic) bond motifs is 1. The Labute approximate surface area is 213 Å². The number of rotatable bonds is 4. The van der Waals surface area contributed by atoms with E-state index in [2.05, 4.69) is 21.3 Å². The fraction of sp³-hybridized carbons (Fsp3) is 0.636. The summed E-state index contributed by atoms with van der Waals surface area (Å²) in [5.74, 6) is -5.01. The molecule has 1 aromatic heterocycles. The fourth-order valence-electron chi connectivity index (χ4n) is 4.32. The Kier molecular flexibility index (Phi) is 10.7. The normalized spacial score (nSPS) is 23.0. The summed E-state index contributed by atoms with van der Waals surface area (Å²) < 4.78 is 69.2. The minimum absolute atomic E-state index is 0.0597. The molecule has 3 N–H and O–H groups in total. The van der Waals surface area contributed by atoms with Gasteiger partial charge in [-0.15, -0.1) is 0 Å². The van der Waals surface area contributed by atoms with Crippen LogP contribution >= 0.6 is 0 Å². The van der Waals surface area contributed by atoms with Crippen LogP contribution in [0, 0.1) is 11.3 Å². The van der Waals surface area contributed by atoms with Gasteiger partial charge in [0.15, 0.2) is 0 Å². The van der Waals surface area contributed by atoms with E-state index < -0.39 is 24.3 Å². The molecule has 38 heavy (non-hydrogen) atoms. The quantitative estimate of drug-likeness (QED) is 0.481. The zero-order chi connectivity index (χ0) is 28.6. The first-order valence-corrected chi connectivity index (χ1v) is 11.5. The number of hydrogen-bond acceptors (Lipinski definition) is 6. The first-order chi connectivity index (χ1) is 17.6. The maximum atomic E-state index is 12.3. The van der Waals surface area contributed by atoms with Crippen LogP contribution in [0.2, 0.25) is 0 Å². The van der Waals surface area contributed by atoms with Gasteiger partial charge in [0, 0.05) is 56.8 Å². The molecule has 0 spiro atoms. The van der Waals surface area contributed by atoms with Crippen molar-refractivity contribution in [3.05, 3.63) is 30.1 Å². The Morgan fingerprint density at radius 1 is 1.05 bits per heavy atom. The molecular weight excluding hydrogens is 530 g/mol. The van der Waals surface area contributed by atoms with Crippen molar-refractivity contribution in [3.8, 4) is 0 Å². The van der Waals surface area contributed by atoms with E-state index in [0.29, 0.717) is 12.5 Å². The molecule has 0 aliphatic carbocycles. The van der Waals surface area contributed by atoms with Crippen LogP contribution in [0.3, 0.4) is 0 Å². The molecule has 2 amide bonds. The Bertz CT molecular complexity index is 919. The number of carboxylic acids is 2. The molecule has 2 atom stereocenters. The number of likely N-dealkylation sites (tertiary alicyclic amines) is 2. The molecule has 214 valence electrons. The van der Waals surface area contributed by atoms with Crippen molar-refractivity contribution in [1.82, 2.24) is 20.1 Å². The summed E-state index contributed by atoms with van der Waals surface area (Å²) >= 11 is 0. The number of carbonyl (C=O) groups excluding carboxylic acids is 1. The van der Waals surface area contributed by atoms with Gasteiger partial charge in [-0.2, -0.15) is 26.3 Å². The Hall–Kier alpha value is -3.14. The number of hydrogen-bond donors (Lipinski definition) is 3. The van der Waals surface area contributed by atoms with Gasteiger partial charge >= 0.3 is 30.3 Å². The number of nitrogens with one attached hydrogen (secondary N) is 1. The zero-order valence-electron chi connectivity index (χ0n) is 20.1. The Morgan fingerprint density at radius 2 is 1.63 bits per heavy atom. The van der Waals surface area contributed by atoms with E-state index in [1.54, 1.807) is 0 Å². The lowest BCUT2D eigenvalue weighted by Crippen LogP contribution is -2.47. The summed E-state index contributed by atoms with van der Waals surface area (Å²) in [4.78, 5) is 38.9. The van der Waals surface area contributed by atoms with E-state index in [1.165, 1.54) is 0 Å². The average Bonchev–Trinajstić information content (AvgIpc) is 3.54. The Balaban J connectivity index is 0.000000301. The van der Waals surface area contributed by atoms with Crippen molar-refractivity contribution in [3.63, 3.8) is 0 Å². The number of carbonyl (C=O) groups is 3. The van der Waals surface area contributed by atoms with Gasteiger partial charge in [-0.25, -0.2) is 14.4 Å². The first kappa shape index (κ1) is 31.1. The van der Waals surface area contributed by atoms with Crippen molar-refractivity contribution < 1.29 is 55.7 Å². The Morgan fingerprint density at radius 3 is 2.13 bits per heavy atom. The van der Waals surface area contributed by atoms with E-state index in [9.17, 15) is 31.1 Å². The zero-order valence-corrected chi connectivity index (χ0v) is 20.1. The molecule has 16 heteroatoms. The van der Waals surface area contributed by atoms with E-state index in [0.717, 1.165) is 64.5 Å². The molecule has 10 nitrogen and oxygen atoms in total. The predicted octanol–water partition coefficient (Wildman–Crippen LogP) is 2.60. The summed E-state index contributed by atoms with van der Waals surface area (Å²) in [6, 6.07) is 6.15. The molecule has 0 radical (unpaired) electrons. The number of aromatic nitrogens is 1. The van der Waals surface area contributed by atoms with Crippen LogP contribution in [-0.2, 0) is 20.9 Å². The number of amides is 2. The maximum absolute atomic E-state index is 12.3. The molecule has 0 saturated carbocycles. The van der Waals surface area contributed by atoms with E-state index >= 15 is 0 Å². The number of nitrogens with zero attached hydrogens (tertiary/aromatic N) is 3. The number of urea groups is 1. The monoisotopic (exact) mass is 558 g/mol. The van der Waals surface area contributed by atoms with Crippen molar-refractivity contribution >= 4 is 18.0 Å². The highest BCUT2D eigenvalue weighted by atomic mass is 19.4. The standard InChI is InChI=1S/C18H26N4O2.2C2HF3O2/c23-17(22-7-3-4-8-22)20-12-18-13-21(9-15(18)11-24-14-18)10-16-5-1-2-6-19-16;2*3-2(4,5)1(6)7/h1-2,5-6,15H,3-4,7-14H2,(H,20,23);2*(H,6,7)/t15-,18+;;/m1../s1. The second-order valence-corrected chi connectivity index (χ2v) is 9.02. The topological polar surface area (TPSA) is 132 Å². The van der Waals surface area contributed by atoms with Crippen LogP contribution in [0.15, 0.2) is 24.4 Å². The van der Waals surface area contributed by atoms with Gasteiger partial charge in [-0.1, -0.05) is 6.07 Å². The van der Waals surface area contributed by atoms with Crippen LogP contribution in [0.4, 0.5) is 31.1 Å². The molecule has 4 rings (SSSR count). The molecule has 1 aromatic rings. The number of carboxylic acid groups (broad SMARTS) is 2. The van der Waals surface area contributed by atoms with Crippen LogP contribution in [0.1, 0.15) is 18.5 Å². The minimum Gasteiger partial charge on any atom is -0.475 e. The van der Waals surface area contributed by atoms with Crippen molar-refractivity contribution in [2.75, 3.05) is 45.9 Å². The third-order valence-corrected chi connectivity index (χ3v) is 6.17. The van der Waals surface area contributed by atoms with Crippen molar-refractivity contribution in [2.45, 2.75) is 31.7 Å². The molecule has 3 aliphatic heterocycles. The van der Waals surface area contributed by atoms with Gasteiger partial charge in [0.05, 0.1) is 18.9 Å². The fourth-order valence-corrected chi connectivity index (χ4v) is 4.32. The van der Waals surface area contributed by atoms with Gasteiger partial charge in [-0.3, -0.25) is 9.88 Å². The molecule has 0 aromatic carbocycles. The predicted molar refractivity (Wildman–Crippen MR) is 118 cm³/mol. The average molecular weight is 558 g/mol. The van der Waals surface area contributed by atoms with E-state index in [-0.39, 0.29) is 11.4 Å². The number of pyridine rings is 1. The summed E-state index contributed by atoms with van der Waals surface area (Å²) in [5, 5.41) is 17.4. The minimum atomic E-state index is -5.08. The third-order valence-electron chi connectivity index (χ3n) is 6.17. The lowest BCUT2D eigenvalue weighted by Gasteiger charge is -2.29. The summed E-state index contributed by atoms with van der Waals surface area (Å²) in [6.45, 7) is 6.92. The highest BCUT2D eigenvalue weighted by molar-refractivity contribution is 5.74. The number of ether oxygens (including phenoxy) is 1. The van der Waals surface area contributed by atoms with Crippen LogP contribution in [0.25, 0.3) is 0 Å². The number of alkyl halides is 6. The highest BCUT2D eigenvalue weighted by Crippen LogP contribution is 2.41. The lowest BCUT2D eigenvalue weighted by molar-refractivity contribution is -0.193. The molecule has 0 unspecified atom stereocenters. The molecule has 3 saturated heterocycles. The summed E-state index contributed by atoms with van der Waals surface area (Å²) in [6.07, 6.45) is -6.06. The van der Waals surface area contributed by atoms with E-state index in [4.69, 9.17) is 24.5 Å². The van der Waals surface area contributed by atoms with Crippen LogP contribution < -0.4 is 5.32 Å². The van der Waals surface area contributed by atoms with Gasteiger partial charge in [-0.05, 0) is 25.0 Å². The van der Waals surface area contributed by atoms with Crippen LogP contribution in [-0.4, -0.2) is 101 Å². The van der Waals surface area contributed by atoms with E-state index in [1.807, 2.05) is 23.2 Å². The molecule has 3 fully saturated rings. The van der Waals surface area contributed by atoms with Crippen LogP contribution in [0.5, 0.6) is 0 Å². The van der Waals surface area contributed by atoms with Gasteiger partial charge in [0.2, 0.25) is 0 Å². The molecule has 4 heterocycles. The molecule has 0 bridgehead atoms. The second-order valence-electron chi connectivity index (χ2n) is 9.02. The maximum Gasteiger partial charge on any atom is 0.490 e. The highest BCUT2D eigenvalue weighted by Gasteiger charge is 2.50. The molecular formula is C22H28F6N4O6. The largest absolute Gasteiger partial charge is 0.490 e. The van der Waals surface area contributed by atoms with Gasteiger partial charge < -0.3 is 25.2 Å². The summed E-state index contributed by atoms with van der Waals surface area (Å²) in [7, 11) is 0. The van der Waals surface area contributed by atoms with Gasteiger partial charge in [0.1, 0.15) is 0 Å². The number of aliphatic carboxylic acids is 2. The SMILES string of the molecule is O=C(NC[C@]12COC[C@H]1CN(Cc1ccccn1)C2)N1CCCC1.O=C(O)C(F)(F)F.O=C(O)C(F)(F)F. The molecule has 3 aliphatic rings. The third kappa shape index (κ3) is 9.31. The van der Waals surface area contributed by atoms with Gasteiger partial charge in [0.25, 0.3) is 0 Å².